The van der Waals surface area contributed by atoms with Gasteiger partial charge in [0.25, 0.3) is 0 Å². The lowest BCUT2D eigenvalue weighted by Crippen LogP contribution is -2.41. The number of cyclic esters (lactones) is 1. The van der Waals surface area contributed by atoms with Gasteiger partial charge in [0.15, 0.2) is 11.5 Å². The molecule has 0 saturated heterocycles. The molecule has 2 atom stereocenters. The monoisotopic (exact) mass is 396 g/mol. The number of phenolic OH excluding ortho intramolecular Hbond substituents is 3. The van der Waals surface area contributed by atoms with Gasteiger partial charge in [0.2, 0.25) is 6.10 Å². The molecule has 150 valence electrons. The van der Waals surface area contributed by atoms with Crippen LogP contribution in [0.2, 0.25) is 0 Å². The number of hydrogen-bond acceptors (Lipinski definition) is 11. The molecule has 1 aromatic rings. The van der Waals surface area contributed by atoms with Crippen LogP contribution in [-0.2, 0) is 33.3 Å². The van der Waals surface area contributed by atoms with Gasteiger partial charge < -0.3 is 34.3 Å². The van der Waals surface area contributed by atoms with E-state index in [2.05, 4.69) is 14.2 Å². The number of esters is 4. The molecule has 0 fully saturated rings. The summed E-state index contributed by atoms with van der Waals surface area (Å²) in [7, 11) is 2.98. The molecule has 11 nitrogen and oxygen atoms in total. The quantitative estimate of drug-likeness (QED) is 0.204. The lowest BCUT2D eigenvalue weighted by Gasteiger charge is -2.32. The zero-order valence-electron chi connectivity index (χ0n) is 14.9. The maximum Gasteiger partial charge on any atom is 0.348 e. The number of hydrogen-bond donors (Lipinski definition) is 3. The summed E-state index contributed by atoms with van der Waals surface area (Å²) in [6.45, 7) is 0. The molecule has 1 aliphatic heterocycles. The van der Waals surface area contributed by atoms with Crippen LogP contribution in [0.4, 0.5) is 0 Å². The highest BCUT2D eigenvalue weighted by Crippen LogP contribution is 2.48. The first-order valence-electron chi connectivity index (χ1n) is 7.62. The number of methoxy groups -OCH3 is 3. The fourth-order valence-corrected chi connectivity index (χ4v) is 2.77. The van der Waals surface area contributed by atoms with Crippen molar-refractivity contribution in [2.75, 3.05) is 21.3 Å². The maximum absolute atomic E-state index is 12.3. The Morgan fingerprint density at radius 3 is 2.21 bits per heavy atom. The summed E-state index contributed by atoms with van der Waals surface area (Å²) in [6.07, 6.45) is -1.18. The minimum atomic E-state index is -1.84. The lowest BCUT2D eigenvalue weighted by molar-refractivity contribution is -0.152. The fraction of sp³-hybridized carbons (Fsp3) is 0.294. The minimum Gasteiger partial charge on any atom is -0.507 e. The fourth-order valence-electron chi connectivity index (χ4n) is 2.77. The van der Waals surface area contributed by atoms with Crippen LogP contribution in [0.5, 0.6) is 17.2 Å². The molecule has 28 heavy (non-hydrogen) atoms. The van der Waals surface area contributed by atoms with E-state index in [1.165, 1.54) is 0 Å². The van der Waals surface area contributed by atoms with Gasteiger partial charge in [-0.3, -0.25) is 0 Å². The van der Waals surface area contributed by atoms with Gasteiger partial charge in [-0.25, -0.2) is 19.2 Å². The summed E-state index contributed by atoms with van der Waals surface area (Å²) >= 11 is 0. The van der Waals surface area contributed by atoms with Crippen LogP contribution in [0.3, 0.4) is 0 Å². The van der Waals surface area contributed by atoms with E-state index in [4.69, 9.17) is 4.74 Å². The van der Waals surface area contributed by atoms with Crippen molar-refractivity contribution in [3.63, 3.8) is 0 Å². The number of fused-ring (bicyclic) bond motifs is 1. The van der Waals surface area contributed by atoms with E-state index in [1.807, 2.05) is 0 Å². The number of carbonyl (C=O) groups excluding carboxylic acids is 4. The predicted octanol–water partition coefficient (Wildman–Crippen LogP) is -0.129. The molecule has 0 aromatic heterocycles. The number of phenols is 3. The summed E-state index contributed by atoms with van der Waals surface area (Å²) < 4.78 is 18.6. The Kier molecular flexibility index (Phi) is 5.77. The summed E-state index contributed by atoms with van der Waals surface area (Å²) in [5.41, 5.74) is -1.69. The number of ether oxygens (including phenoxy) is 4. The van der Waals surface area contributed by atoms with Crippen LogP contribution in [0.15, 0.2) is 17.7 Å². The second kappa shape index (κ2) is 7.86. The van der Waals surface area contributed by atoms with Gasteiger partial charge in [0, 0.05) is 17.7 Å². The van der Waals surface area contributed by atoms with Gasteiger partial charge in [-0.1, -0.05) is 0 Å². The first kappa shape index (κ1) is 20.6. The molecule has 0 bridgehead atoms. The van der Waals surface area contributed by atoms with Crippen LogP contribution in [0, 0.1) is 0 Å². The Balaban J connectivity index is 2.89. The Morgan fingerprint density at radius 1 is 1.04 bits per heavy atom. The summed E-state index contributed by atoms with van der Waals surface area (Å²) in [6, 6.07) is 0.673. The second-order valence-electron chi connectivity index (χ2n) is 5.49. The van der Waals surface area contributed by atoms with Gasteiger partial charge in [-0.15, -0.1) is 0 Å². The van der Waals surface area contributed by atoms with Gasteiger partial charge in [0.1, 0.15) is 11.3 Å². The molecule has 0 amide bonds. The highest BCUT2D eigenvalue weighted by Gasteiger charge is 2.48. The van der Waals surface area contributed by atoms with Gasteiger partial charge in [-0.2, -0.15) is 0 Å². The average Bonchev–Trinajstić information content (AvgIpc) is 2.68. The zero-order chi connectivity index (χ0) is 21.2. The molecular weight excluding hydrogens is 380 g/mol. The molecule has 1 aromatic carbocycles. The minimum absolute atomic E-state index is 0.523. The van der Waals surface area contributed by atoms with E-state index in [-0.39, 0.29) is 0 Å². The first-order valence-corrected chi connectivity index (χ1v) is 7.62. The highest BCUT2D eigenvalue weighted by atomic mass is 16.6. The number of benzene rings is 1. The SMILES string of the molecule is COC(=O)C=C(C(=O)OC)C1c2c(O)c(O)cc(O)c2C(=O)OC1C(=O)OC. The van der Waals surface area contributed by atoms with Crippen molar-refractivity contribution < 1.29 is 53.4 Å². The third-order valence-electron chi connectivity index (χ3n) is 4.01. The van der Waals surface area contributed by atoms with Crippen LogP contribution in [0.25, 0.3) is 0 Å². The molecular formula is C17H16O11. The molecule has 0 radical (unpaired) electrons. The third kappa shape index (κ3) is 3.41. The molecule has 1 heterocycles. The van der Waals surface area contributed by atoms with Gasteiger partial charge in [-0.05, 0) is 0 Å². The highest BCUT2D eigenvalue weighted by molar-refractivity contribution is 6.04. The molecule has 0 spiro atoms. The van der Waals surface area contributed by atoms with Crippen molar-refractivity contribution in [3.8, 4) is 17.2 Å². The Labute approximate surface area is 157 Å². The molecule has 11 heteroatoms. The summed E-state index contributed by atoms with van der Waals surface area (Å²) in [4.78, 5) is 48.5. The third-order valence-corrected chi connectivity index (χ3v) is 4.01. The maximum atomic E-state index is 12.3. The van der Waals surface area contributed by atoms with E-state index >= 15 is 0 Å². The standard InChI is InChI=1S/C17H16O11/c1-25-9(20)4-6(15(22)26-2)10-12-11(7(18)5-8(19)13(12)21)16(23)28-14(10)17(24)27-3/h4-5,10,14,18-19,21H,1-3H3. The Morgan fingerprint density at radius 2 is 1.68 bits per heavy atom. The van der Waals surface area contributed by atoms with E-state index < -0.39 is 69.8 Å². The summed E-state index contributed by atoms with van der Waals surface area (Å²) in [5.74, 6) is -8.72. The van der Waals surface area contributed by atoms with Crippen LogP contribution >= 0.6 is 0 Å². The van der Waals surface area contributed by atoms with Crippen molar-refractivity contribution in [1.82, 2.24) is 0 Å². The Hall–Kier alpha value is -3.76. The second-order valence-corrected chi connectivity index (χ2v) is 5.49. The molecule has 1 aliphatic rings. The van der Waals surface area contributed by atoms with Crippen molar-refractivity contribution >= 4 is 23.9 Å². The van der Waals surface area contributed by atoms with E-state index in [1.54, 1.807) is 0 Å². The number of rotatable bonds is 4. The van der Waals surface area contributed by atoms with Crippen molar-refractivity contribution in [2.45, 2.75) is 12.0 Å². The first-order chi connectivity index (χ1) is 13.2. The smallest absolute Gasteiger partial charge is 0.348 e. The Bertz CT molecular complexity index is 884. The van der Waals surface area contributed by atoms with E-state index in [0.717, 1.165) is 21.3 Å². The molecule has 2 unspecified atom stereocenters. The lowest BCUT2D eigenvalue weighted by atomic mass is 9.80. The predicted molar refractivity (Wildman–Crippen MR) is 87.5 cm³/mol. The van der Waals surface area contributed by atoms with E-state index in [9.17, 15) is 34.5 Å². The molecule has 0 aliphatic carbocycles. The number of aromatic hydroxyl groups is 3. The van der Waals surface area contributed by atoms with Crippen molar-refractivity contribution in [1.29, 1.82) is 0 Å². The van der Waals surface area contributed by atoms with Crippen LogP contribution < -0.4 is 0 Å². The van der Waals surface area contributed by atoms with Crippen molar-refractivity contribution in [2.24, 2.45) is 0 Å². The number of carbonyl (C=O) groups is 4. The van der Waals surface area contributed by atoms with Gasteiger partial charge in [0.05, 0.1) is 32.8 Å². The summed E-state index contributed by atoms with van der Waals surface area (Å²) in [5, 5.41) is 30.2. The van der Waals surface area contributed by atoms with Crippen LogP contribution in [-0.4, -0.2) is 66.6 Å². The van der Waals surface area contributed by atoms with E-state index in [0.29, 0.717) is 12.1 Å². The molecule has 2 rings (SSSR count). The van der Waals surface area contributed by atoms with Crippen LogP contribution in [0.1, 0.15) is 21.8 Å². The molecule has 3 N–H and O–H groups in total. The van der Waals surface area contributed by atoms with Gasteiger partial charge >= 0.3 is 23.9 Å². The van der Waals surface area contributed by atoms with Crippen molar-refractivity contribution in [3.05, 3.63) is 28.8 Å². The topological polar surface area (TPSA) is 166 Å². The largest absolute Gasteiger partial charge is 0.507 e. The zero-order valence-corrected chi connectivity index (χ0v) is 14.9. The average molecular weight is 396 g/mol. The normalized spacial score (nSPS) is 18.5. The molecule has 0 saturated carbocycles.